The molecule has 2 rings (SSSR count). The molecule has 0 fully saturated rings. The summed E-state index contributed by atoms with van der Waals surface area (Å²) in [6.45, 7) is 2.07. The lowest BCUT2D eigenvalue weighted by molar-refractivity contribution is -0.120. The lowest BCUT2D eigenvalue weighted by Crippen LogP contribution is -2.39. The largest absolute Gasteiger partial charge is 0.323 e. The molecular formula is C17H17Cl2FN2O. The standard InChI is InChI=1S/C17H17Cl2FN2O/c1-11(22(2)10-12-6-3-4-8-14(12)20)17(23)21-15-9-5-7-13(18)16(15)19/h3-9,11H,10H2,1-2H3,(H,21,23). The molecule has 2 aromatic carbocycles. The molecule has 1 amide bonds. The van der Waals surface area contributed by atoms with Gasteiger partial charge in [0.25, 0.3) is 0 Å². The van der Waals surface area contributed by atoms with Crippen LogP contribution in [0.3, 0.4) is 0 Å². The van der Waals surface area contributed by atoms with E-state index in [9.17, 15) is 9.18 Å². The Kier molecular flexibility index (Phi) is 5.99. The smallest absolute Gasteiger partial charge is 0.241 e. The molecule has 0 aliphatic carbocycles. The van der Waals surface area contributed by atoms with Crippen molar-refractivity contribution in [2.24, 2.45) is 0 Å². The van der Waals surface area contributed by atoms with E-state index in [4.69, 9.17) is 23.2 Å². The van der Waals surface area contributed by atoms with E-state index < -0.39 is 6.04 Å². The number of benzene rings is 2. The molecule has 6 heteroatoms. The van der Waals surface area contributed by atoms with Crippen LogP contribution in [0.25, 0.3) is 0 Å². The molecule has 1 atom stereocenters. The van der Waals surface area contributed by atoms with Crippen molar-refractivity contribution >= 4 is 34.8 Å². The van der Waals surface area contributed by atoms with E-state index in [1.165, 1.54) is 6.07 Å². The number of carbonyl (C=O) groups excluding carboxylic acids is 1. The Morgan fingerprint density at radius 3 is 2.61 bits per heavy atom. The van der Waals surface area contributed by atoms with Crippen molar-refractivity contribution in [2.75, 3.05) is 12.4 Å². The van der Waals surface area contributed by atoms with Crippen molar-refractivity contribution in [1.82, 2.24) is 4.90 Å². The molecule has 0 aromatic heterocycles. The zero-order valence-corrected chi connectivity index (χ0v) is 14.3. The highest BCUT2D eigenvalue weighted by atomic mass is 35.5. The molecule has 0 aliphatic rings. The summed E-state index contributed by atoms with van der Waals surface area (Å²) in [5.41, 5.74) is 0.991. The molecule has 2 aromatic rings. The van der Waals surface area contributed by atoms with Crippen molar-refractivity contribution < 1.29 is 9.18 Å². The van der Waals surface area contributed by atoms with Crippen LogP contribution in [0.5, 0.6) is 0 Å². The first-order valence-corrected chi connectivity index (χ1v) is 7.84. The van der Waals surface area contributed by atoms with E-state index >= 15 is 0 Å². The summed E-state index contributed by atoms with van der Waals surface area (Å²) in [7, 11) is 1.76. The van der Waals surface area contributed by atoms with Crippen LogP contribution in [0, 0.1) is 5.82 Å². The number of nitrogens with one attached hydrogen (secondary N) is 1. The molecule has 3 nitrogen and oxygen atoms in total. The van der Waals surface area contributed by atoms with Crippen LogP contribution < -0.4 is 5.32 Å². The fourth-order valence-corrected chi connectivity index (χ4v) is 2.42. The van der Waals surface area contributed by atoms with Gasteiger partial charge in [0.2, 0.25) is 5.91 Å². The van der Waals surface area contributed by atoms with Gasteiger partial charge >= 0.3 is 0 Å². The van der Waals surface area contributed by atoms with E-state index in [0.717, 1.165) is 0 Å². The summed E-state index contributed by atoms with van der Waals surface area (Å²) in [5, 5.41) is 3.41. The van der Waals surface area contributed by atoms with Gasteiger partial charge in [-0.3, -0.25) is 9.69 Å². The van der Waals surface area contributed by atoms with Gasteiger partial charge in [-0.25, -0.2) is 4.39 Å². The minimum atomic E-state index is -0.468. The van der Waals surface area contributed by atoms with Crippen molar-refractivity contribution in [2.45, 2.75) is 19.5 Å². The van der Waals surface area contributed by atoms with E-state index in [0.29, 0.717) is 27.8 Å². The van der Waals surface area contributed by atoms with Crippen LogP contribution in [0.1, 0.15) is 12.5 Å². The highest BCUT2D eigenvalue weighted by molar-refractivity contribution is 6.44. The molecule has 23 heavy (non-hydrogen) atoms. The molecule has 0 bridgehead atoms. The van der Waals surface area contributed by atoms with Gasteiger partial charge in [-0.1, -0.05) is 47.5 Å². The van der Waals surface area contributed by atoms with Crippen LogP contribution in [0.15, 0.2) is 42.5 Å². The Hall–Kier alpha value is -1.62. The average molecular weight is 355 g/mol. The molecule has 0 heterocycles. The maximum absolute atomic E-state index is 13.7. The summed E-state index contributed by atoms with van der Waals surface area (Å²) in [5.74, 6) is -0.530. The molecule has 0 saturated carbocycles. The fraction of sp³-hybridized carbons (Fsp3) is 0.235. The van der Waals surface area contributed by atoms with Gasteiger partial charge in [-0.2, -0.15) is 0 Å². The van der Waals surface area contributed by atoms with Crippen LogP contribution in [-0.4, -0.2) is 23.9 Å². The number of carbonyl (C=O) groups is 1. The predicted molar refractivity (Wildman–Crippen MR) is 92.4 cm³/mol. The zero-order valence-electron chi connectivity index (χ0n) is 12.8. The van der Waals surface area contributed by atoms with E-state index in [1.807, 2.05) is 0 Å². The minimum Gasteiger partial charge on any atom is -0.323 e. The van der Waals surface area contributed by atoms with Gasteiger partial charge in [0, 0.05) is 12.1 Å². The van der Waals surface area contributed by atoms with Gasteiger partial charge < -0.3 is 5.32 Å². The van der Waals surface area contributed by atoms with Crippen LogP contribution in [0.4, 0.5) is 10.1 Å². The molecule has 0 radical (unpaired) electrons. The third kappa shape index (κ3) is 4.44. The number of likely N-dealkylation sites (N-methyl/N-ethyl adjacent to an activating group) is 1. The van der Waals surface area contributed by atoms with Gasteiger partial charge in [-0.05, 0) is 32.2 Å². The van der Waals surface area contributed by atoms with E-state index in [-0.39, 0.29) is 11.7 Å². The van der Waals surface area contributed by atoms with Crippen molar-refractivity contribution in [3.05, 3.63) is 63.9 Å². The highest BCUT2D eigenvalue weighted by Crippen LogP contribution is 2.29. The van der Waals surface area contributed by atoms with Gasteiger partial charge in [0.1, 0.15) is 5.82 Å². The second-order valence-electron chi connectivity index (χ2n) is 5.27. The number of hydrogen-bond acceptors (Lipinski definition) is 2. The molecule has 1 unspecified atom stereocenters. The quantitative estimate of drug-likeness (QED) is 0.851. The zero-order chi connectivity index (χ0) is 17.0. The number of anilines is 1. The van der Waals surface area contributed by atoms with Crippen molar-refractivity contribution in [3.63, 3.8) is 0 Å². The van der Waals surface area contributed by atoms with Crippen molar-refractivity contribution in [3.8, 4) is 0 Å². The average Bonchev–Trinajstić information content (AvgIpc) is 2.53. The first-order chi connectivity index (χ1) is 10.9. The third-order valence-corrected chi connectivity index (χ3v) is 4.45. The first kappa shape index (κ1) is 17.7. The van der Waals surface area contributed by atoms with Crippen LogP contribution in [-0.2, 0) is 11.3 Å². The van der Waals surface area contributed by atoms with Gasteiger partial charge in [0.15, 0.2) is 0 Å². The second-order valence-corrected chi connectivity index (χ2v) is 6.06. The minimum absolute atomic E-state index is 0.243. The Labute approximate surface area is 145 Å². The maximum atomic E-state index is 13.7. The summed E-state index contributed by atoms with van der Waals surface area (Å²) in [6, 6.07) is 11.1. The monoisotopic (exact) mass is 354 g/mol. The Bertz CT molecular complexity index is 709. The molecule has 0 aliphatic heterocycles. The Balaban J connectivity index is 2.04. The number of rotatable bonds is 5. The number of amides is 1. The Morgan fingerprint density at radius 2 is 1.91 bits per heavy atom. The Morgan fingerprint density at radius 1 is 1.22 bits per heavy atom. The number of hydrogen-bond donors (Lipinski definition) is 1. The topological polar surface area (TPSA) is 32.3 Å². The summed E-state index contributed by atoms with van der Waals surface area (Å²) in [4.78, 5) is 14.1. The van der Waals surface area contributed by atoms with E-state index in [1.54, 1.807) is 55.3 Å². The summed E-state index contributed by atoms with van der Waals surface area (Å²) < 4.78 is 13.7. The molecular weight excluding hydrogens is 338 g/mol. The normalized spacial score (nSPS) is 12.3. The van der Waals surface area contributed by atoms with Crippen LogP contribution >= 0.6 is 23.2 Å². The molecule has 1 N–H and O–H groups in total. The lowest BCUT2D eigenvalue weighted by atomic mass is 10.1. The molecule has 0 spiro atoms. The summed E-state index contributed by atoms with van der Waals surface area (Å²) >= 11 is 12.0. The van der Waals surface area contributed by atoms with Crippen molar-refractivity contribution in [1.29, 1.82) is 0 Å². The third-order valence-electron chi connectivity index (χ3n) is 3.63. The fourth-order valence-electron chi connectivity index (χ4n) is 2.07. The second kappa shape index (κ2) is 7.77. The highest BCUT2D eigenvalue weighted by Gasteiger charge is 2.20. The maximum Gasteiger partial charge on any atom is 0.241 e. The molecule has 0 saturated heterocycles. The number of nitrogens with zero attached hydrogens (tertiary/aromatic N) is 1. The predicted octanol–water partition coefficient (Wildman–Crippen LogP) is 4.59. The number of halogens is 3. The van der Waals surface area contributed by atoms with Gasteiger partial charge in [0.05, 0.1) is 21.8 Å². The lowest BCUT2D eigenvalue weighted by Gasteiger charge is -2.24. The van der Waals surface area contributed by atoms with Crippen LogP contribution in [0.2, 0.25) is 10.0 Å². The van der Waals surface area contributed by atoms with E-state index in [2.05, 4.69) is 5.32 Å². The SMILES string of the molecule is CC(C(=O)Nc1cccc(Cl)c1Cl)N(C)Cc1ccccc1F. The molecule has 122 valence electrons. The van der Waals surface area contributed by atoms with Gasteiger partial charge in [-0.15, -0.1) is 0 Å². The summed E-state index contributed by atoms with van der Waals surface area (Å²) in [6.07, 6.45) is 0. The first-order valence-electron chi connectivity index (χ1n) is 7.08.